The summed E-state index contributed by atoms with van der Waals surface area (Å²) in [7, 11) is 0. The molecule has 0 N–H and O–H groups in total. The molecule has 4 nitrogen and oxygen atoms in total. The zero-order chi connectivity index (χ0) is 19.1. The van der Waals surface area contributed by atoms with Gasteiger partial charge in [-0.1, -0.05) is 12.1 Å². The van der Waals surface area contributed by atoms with Gasteiger partial charge in [-0.25, -0.2) is 4.98 Å². The lowest BCUT2D eigenvalue weighted by Gasteiger charge is -2.35. The van der Waals surface area contributed by atoms with Crippen LogP contribution in [0.3, 0.4) is 0 Å². The SMILES string of the molecule is Cc1oc(-c2cccs2)nc1CC(=O)N1CCc2sccc2C1c1cccs1. The maximum Gasteiger partial charge on any atom is 0.236 e. The van der Waals surface area contributed by atoms with Crippen molar-refractivity contribution < 1.29 is 9.21 Å². The van der Waals surface area contributed by atoms with Crippen molar-refractivity contribution in [3.63, 3.8) is 0 Å². The first-order chi connectivity index (χ1) is 13.7. The number of rotatable bonds is 4. The molecular weight excluding hydrogens is 408 g/mol. The third kappa shape index (κ3) is 3.13. The van der Waals surface area contributed by atoms with Crippen LogP contribution in [0, 0.1) is 6.92 Å². The first kappa shape index (κ1) is 17.8. The number of hydrogen-bond acceptors (Lipinski definition) is 6. The molecule has 1 unspecified atom stereocenters. The Morgan fingerprint density at radius 2 is 2.04 bits per heavy atom. The van der Waals surface area contributed by atoms with E-state index in [1.54, 1.807) is 34.0 Å². The smallest absolute Gasteiger partial charge is 0.236 e. The standard InChI is InChI=1S/C21H18N2O2S3/c1-13-15(22-21(25-13)18-5-3-10-27-18)12-19(24)23-8-6-16-14(7-11-28-16)20(23)17-4-2-9-26-17/h2-5,7,9-11,20H,6,8,12H2,1H3. The van der Waals surface area contributed by atoms with Crippen molar-refractivity contribution in [1.29, 1.82) is 0 Å². The molecule has 0 spiro atoms. The summed E-state index contributed by atoms with van der Waals surface area (Å²) in [6, 6.07) is 10.3. The third-order valence-corrected chi connectivity index (χ3v) is 7.82. The summed E-state index contributed by atoms with van der Waals surface area (Å²) in [5.74, 6) is 1.42. The fraction of sp³-hybridized carbons (Fsp3) is 0.238. The molecule has 4 aromatic heterocycles. The Morgan fingerprint density at radius 3 is 2.82 bits per heavy atom. The number of carbonyl (C=O) groups excluding carboxylic acids is 1. The van der Waals surface area contributed by atoms with E-state index in [1.165, 1.54) is 15.3 Å². The van der Waals surface area contributed by atoms with Gasteiger partial charge in [0.05, 0.1) is 23.0 Å². The summed E-state index contributed by atoms with van der Waals surface area (Å²) in [4.78, 5) is 23.5. The van der Waals surface area contributed by atoms with Crippen LogP contribution in [-0.2, 0) is 17.6 Å². The van der Waals surface area contributed by atoms with Gasteiger partial charge < -0.3 is 9.32 Å². The van der Waals surface area contributed by atoms with Crippen molar-refractivity contribution >= 4 is 39.9 Å². The van der Waals surface area contributed by atoms with Gasteiger partial charge in [0.25, 0.3) is 0 Å². The van der Waals surface area contributed by atoms with Gasteiger partial charge in [-0.15, -0.1) is 34.0 Å². The molecule has 142 valence electrons. The van der Waals surface area contributed by atoms with Crippen molar-refractivity contribution in [2.45, 2.75) is 25.8 Å². The van der Waals surface area contributed by atoms with E-state index in [-0.39, 0.29) is 18.4 Å². The van der Waals surface area contributed by atoms with E-state index < -0.39 is 0 Å². The van der Waals surface area contributed by atoms with Gasteiger partial charge in [-0.2, -0.15) is 0 Å². The van der Waals surface area contributed by atoms with Crippen LogP contribution in [0.4, 0.5) is 0 Å². The molecule has 5 heterocycles. The van der Waals surface area contributed by atoms with E-state index in [9.17, 15) is 4.79 Å². The minimum Gasteiger partial charge on any atom is -0.440 e. The van der Waals surface area contributed by atoms with Crippen LogP contribution in [0.25, 0.3) is 10.8 Å². The number of hydrogen-bond donors (Lipinski definition) is 0. The quantitative estimate of drug-likeness (QED) is 0.430. The maximum absolute atomic E-state index is 13.3. The molecule has 0 aliphatic carbocycles. The molecule has 1 atom stereocenters. The Kier molecular flexibility index (Phi) is 4.66. The van der Waals surface area contributed by atoms with Crippen molar-refractivity contribution in [3.05, 3.63) is 73.2 Å². The van der Waals surface area contributed by atoms with Crippen molar-refractivity contribution in [1.82, 2.24) is 9.88 Å². The molecule has 4 aromatic rings. The van der Waals surface area contributed by atoms with Crippen LogP contribution < -0.4 is 0 Å². The summed E-state index contributed by atoms with van der Waals surface area (Å²) in [6.07, 6.45) is 1.18. The van der Waals surface area contributed by atoms with Crippen LogP contribution in [0.1, 0.15) is 32.8 Å². The fourth-order valence-corrected chi connectivity index (χ4v) is 6.09. The van der Waals surface area contributed by atoms with E-state index in [4.69, 9.17) is 4.42 Å². The summed E-state index contributed by atoms with van der Waals surface area (Å²) in [5, 5.41) is 6.21. The number of amides is 1. The lowest BCUT2D eigenvalue weighted by Crippen LogP contribution is -2.40. The number of thiophene rings is 3. The first-order valence-corrected chi connectivity index (χ1v) is 11.7. The second kappa shape index (κ2) is 7.31. The van der Waals surface area contributed by atoms with Gasteiger partial charge in [-0.05, 0) is 53.2 Å². The lowest BCUT2D eigenvalue weighted by atomic mass is 9.98. The molecule has 5 rings (SSSR count). The monoisotopic (exact) mass is 426 g/mol. The fourth-order valence-electron chi connectivity index (χ4n) is 3.68. The highest BCUT2D eigenvalue weighted by Crippen LogP contribution is 2.39. The number of carbonyl (C=O) groups is 1. The minimum atomic E-state index is 0.00599. The van der Waals surface area contributed by atoms with E-state index >= 15 is 0 Å². The lowest BCUT2D eigenvalue weighted by molar-refractivity contribution is -0.132. The molecule has 0 saturated heterocycles. The predicted molar refractivity (Wildman–Crippen MR) is 114 cm³/mol. The van der Waals surface area contributed by atoms with E-state index in [1.807, 2.05) is 29.3 Å². The van der Waals surface area contributed by atoms with Crippen LogP contribution in [0.15, 0.2) is 50.9 Å². The van der Waals surface area contributed by atoms with E-state index in [2.05, 4.69) is 33.9 Å². The summed E-state index contributed by atoms with van der Waals surface area (Å²) >= 11 is 5.08. The summed E-state index contributed by atoms with van der Waals surface area (Å²) in [6.45, 7) is 2.63. The number of aromatic nitrogens is 1. The Hall–Kier alpha value is -2.22. The largest absolute Gasteiger partial charge is 0.440 e. The zero-order valence-electron chi connectivity index (χ0n) is 15.3. The van der Waals surface area contributed by atoms with E-state index in [0.717, 1.165) is 29.3 Å². The highest BCUT2D eigenvalue weighted by atomic mass is 32.1. The van der Waals surface area contributed by atoms with Crippen LogP contribution in [0.5, 0.6) is 0 Å². The molecule has 0 saturated carbocycles. The zero-order valence-corrected chi connectivity index (χ0v) is 17.7. The second-order valence-electron chi connectivity index (χ2n) is 6.73. The van der Waals surface area contributed by atoms with Gasteiger partial charge in [0.2, 0.25) is 11.8 Å². The number of nitrogens with zero attached hydrogens (tertiary/aromatic N) is 2. The Morgan fingerprint density at radius 1 is 1.18 bits per heavy atom. The number of aryl methyl sites for hydroxylation is 1. The van der Waals surface area contributed by atoms with Crippen LogP contribution in [0.2, 0.25) is 0 Å². The highest BCUT2D eigenvalue weighted by molar-refractivity contribution is 7.13. The normalized spacial score (nSPS) is 16.3. The average Bonchev–Trinajstić information content (AvgIpc) is 3.48. The molecule has 1 aliphatic rings. The van der Waals surface area contributed by atoms with Crippen molar-refractivity contribution in [2.24, 2.45) is 0 Å². The Bertz CT molecular complexity index is 1090. The van der Waals surface area contributed by atoms with Gasteiger partial charge in [0.1, 0.15) is 5.76 Å². The first-order valence-electron chi connectivity index (χ1n) is 9.10. The summed E-state index contributed by atoms with van der Waals surface area (Å²) < 4.78 is 5.82. The van der Waals surface area contributed by atoms with Gasteiger partial charge in [0, 0.05) is 16.3 Å². The Labute approximate surface area is 175 Å². The molecule has 1 amide bonds. The molecule has 1 aliphatic heterocycles. The second-order valence-corrected chi connectivity index (χ2v) is 9.66. The molecule has 0 bridgehead atoms. The van der Waals surface area contributed by atoms with E-state index in [0.29, 0.717) is 5.89 Å². The maximum atomic E-state index is 13.3. The predicted octanol–water partition coefficient (Wildman–Crippen LogP) is 5.55. The number of fused-ring (bicyclic) bond motifs is 1. The van der Waals surface area contributed by atoms with Gasteiger partial charge >= 0.3 is 0 Å². The molecule has 28 heavy (non-hydrogen) atoms. The molecule has 0 aromatic carbocycles. The molecule has 0 radical (unpaired) electrons. The van der Waals surface area contributed by atoms with Crippen molar-refractivity contribution in [3.8, 4) is 10.8 Å². The third-order valence-electron chi connectivity index (χ3n) is 5.04. The van der Waals surface area contributed by atoms with Gasteiger partial charge in [0.15, 0.2) is 0 Å². The molecule has 7 heteroatoms. The minimum absolute atomic E-state index is 0.00599. The average molecular weight is 427 g/mol. The molecule has 0 fully saturated rings. The van der Waals surface area contributed by atoms with Gasteiger partial charge in [-0.3, -0.25) is 4.79 Å². The topological polar surface area (TPSA) is 46.3 Å². The van der Waals surface area contributed by atoms with Crippen LogP contribution in [-0.4, -0.2) is 22.3 Å². The van der Waals surface area contributed by atoms with Crippen LogP contribution >= 0.6 is 34.0 Å². The number of oxazole rings is 1. The van der Waals surface area contributed by atoms with Crippen molar-refractivity contribution in [2.75, 3.05) is 6.54 Å². The Balaban J connectivity index is 1.43. The summed E-state index contributed by atoms with van der Waals surface area (Å²) in [5.41, 5.74) is 2.00. The molecular formula is C21H18N2O2S3. The highest BCUT2D eigenvalue weighted by Gasteiger charge is 2.34.